The second kappa shape index (κ2) is 6.09. The molecule has 4 heteroatoms. The lowest BCUT2D eigenvalue weighted by Crippen LogP contribution is -2.27. The van der Waals surface area contributed by atoms with Crippen molar-refractivity contribution in [3.05, 3.63) is 58.1 Å². The molecule has 0 spiro atoms. The Hall–Kier alpha value is -1.81. The van der Waals surface area contributed by atoms with Crippen LogP contribution in [0.25, 0.3) is 0 Å². The van der Waals surface area contributed by atoms with E-state index in [1.807, 2.05) is 37.3 Å². The fraction of sp³-hybridized carbons (Fsp3) is 0.188. The van der Waals surface area contributed by atoms with Crippen LogP contribution in [0.4, 0.5) is 5.69 Å². The maximum atomic E-state index is 12.6. The van der Waals surface area contributed by atoms with Gasteiger partial charge >= 0.3 is 0 Å². The Kier molecular flexibility index (Phi) is 4.45. The number of para-hydroxylation sites is 1. The molecule has 0 aromatic heterocycles. The number of methoxy groups -OCH3 is 1. The molecule has 104 valence electrons. The molecule has 0 fully saturated rings. The van der Waals surface area contributed by atoms with E-state index in [9.17, 15) is 4.79 Å². The zero-order valence-electron chi connectivity index (χ0n) is 11.7. The topological polar surface area (TPSA) is 29.5 Å². The van der Waals surface area contributed by atoms with Gasteiger partial charge in [0.15, 0.2) is 0 Å². The Balaban J connectivity index is 2.39. The minimum Gasteiger partial charge on any atom is -0.496 e. The van der Waals surface area contributed by atoms with Gasteiger partial charge in [-0.3, -0.25) is 4.79 Å². The average Bonchev–Trinajstić information content (AvgIpc) is 2.46. The largest absolute Gasteiger partial charge is 0.496 e. The fourth-order valence-corrected chi connectivity index (χ4v) is 2.41. The molecule has 2 rings (SSSR count). The number of carbonyl (C=O) groups excluding carboxylic acids is 1. The van der Waals surface area contributed by atoms with Crippen LogP contribution in [0.2, 0.25) is 0 Å². The van der Waals surface area contributed by atoms with Gasteiger partial charge in [-0.1, -0.05) is 34.1 Å². The first-order valence-corrected chi connectivity index (χ1v) is 7.01. The molecule has 3 nitrogen and oxygen atoms in total. The number of aryl methyl sites for hydroxylation is 1. The van der Waals surface area contributed by atoms with Gasteiger partial charge in [0.25, 0.3) is 5.91 Å². The molecule has 20 heavy (non-hydrogen) atoms. The van der Waals surface area contributed by atoms with Gasteiger partial charge in [-0.2, -0.15) is 0 Å². The standard InChI is InChI=1S/C16H16BrNO2/c1-11-6-4-5-7-14(11)18(2)16(19)13-9-8-12(17)10-15(13)20-3/h4-10H,1-3H3. The third-order valence-electron chi connectivity index (χ3n) is 3.18. The summed E-state index contributed by atoms with van der Waals surface area (Å²) in [6, 6.07) is 13.2. The number of rotatable bonds is 3. The number of amides is 1. The van der Waals surface area contributed by atoms with E-state index in [2.05, 4.69) is 15.9 Å². The monoisotopic (exact) mass is 333 g/mol. The van der Waals surface area contributed by atoms with Crippen LogP contribution in [0, 0.1) is 6.92 Å². The van der Waals surface area contributed by atoms with E-state index in [0.29, 0.717) is 11.3 Å². The van der Waals surface area contributed by atoms with Gasteiger partial charge in [0.1, 0.15) is 5.75 Å². The molecule has 0 saturated carbocycles. The van der Waals surface area contributed by atoms with Crippen molar-refractivity contribution in [2.75, 3.05) is 19.1 Å². The van der Waals surface area contributed by atoms with Crippen LogP contribution >= 0.6 is 15.9 Å². The third kappa shape index (κ3) is 2.85. The maximum Gasteiger partial charge on any atom is 0.261 e. The summed E-state index contributed by atoms with van der Waals surface area (Å²) in [5, 5.41) is 0. The highest BCUT2D eigenvalue weighted by atomic mass is 79.9. The molecule has 0 radical (unpaired) electrons. The van der Waals surface area contributed by atoms with Gasteiger partial charge in [-0.05, 0) is 36.8 Å². The van der Waals surface area contributed by atoms with Gasteiger partial charge in [0.2, 0.25) is 0 Å². The fourth-order valence-electron chi connectivity index (χ4n) is 2.07. The highest BCUT2D eigenvalue weighted by Crippen LogP contribution is 2.27. The molecule has 0 aliphatic rings. The second-order valence-electron chi connectivity index (χ2n) is 4.50. The summed E-state index contributed by atoms with van der Waals surface area (Å²) in [7, 11) is 3.33. The quantitative estimate of drug-likeness (QED) is 0.848. The average molecular weight is 334 g/mol. The highest BCUT2D eigenvalue weighted by molar-refractivity contribution is 9.10. The lowest BCUT2D eigenvalue weighted by atomic mass is 10.1. The number of hydrogen-bond acceptors (Lipinski definition) is 2. The predicted molar refractivity (Wildman–Crippen MR) is 84.6 cm³/mol. The van der Waals surface area contributed by atoms with Crippen molar-refractivity contribution in [3.63, 3.8) is 0 Å². The number of anilines is 1. The Morgan fingerprint density at radius 1 is 1.20 bits per heavy atom. The second-order valence-corrected chi connectivity index (χ2v) is 5.41. The van der Waals surface area contributed by atoms with E-state index in [-0.39, 0.29) is 5.91 Å². The van der Waals surface area contributed by atoms with Crippen LogP contribution in [0.5, 0.6) is 5.75 Å². The van der Waals surface area contributed by atoms with Crippen LogP contribution in [0.15, 0.2) is 46.9 Å². The van der Waals surface area contributed by atoms with E-state index < -0.39 is 0 Å². The molecule has 2 aromatic rings. The van der Waals surface area contributed by atoms with E-state index in [4.69, 9.17) is 4.74 Å². The molecule has 0 saturated heterocycles. The summed E-state index contributed by atoms with van der Waals surface area (Å²) in [4.78, 5) is 14.3. The maximum absolute atomic E-state index is 12.6. The summed E-state index contributed by atoms with van der Waals surface area (Å²) in [6.07, 6.45) is 0. The summed E-state index contributed by atoms with van der Waals surface area (Å²) in [6.45, 7) is 1.98. The van der Waals surface area contributed by atoms with E-state index in [1.165, 1.54) is 0 Å². The van der Waals surface area contributed by atoms with Gasteiger partial charge in [-0.25, -0.2) is 0 Å². The Bertz CT molecular complexity index is 640. The normalized spacial score (nSPS) is 10.2. The molecule has 0 bridgehead atoms. The number of benzene rings is 2. The predicted octanol–water partition coefficient (Wildman–Crippen LogP) is 4.04. The Morgan fingerprint density at radius 3 is 2.55 bits per heavy atom. The molecule has 0 N–H and O–H groups in total. The SMILES string of the molecule is COc1cc(Br)ccc1C(=O)N(C)c1ccccc1C. The molecular formula is C16H16BrNO2. The van der Waals surface area contributed by atoms with E-state index >= 15 is 0 Å². The van der Waals surface area contributed by atoms with Crippen molar-refractivity contribution in [2.24, 2.45) is 0 Å². The number of nitrogens with zero attached hydrogens (tertiary/aromatic N) is 1. The van der Waals surface area contributed by atoms with E-state index in [1.54, 1.807) is 31.2 Å². The zero-order chi connectivity index (χ0) is 14.7. The first kappa shape index (κ1) is 14.6. The zero-order valence-corrected chi connectivity index (χ0v) is 13.3. The molecule has 0 heterocycles. The Morgan fingerprint density at radius 2 is 1.90 bits per heavy atom. The van der Waals surface area contributed by atoms with Gasteiger partial charge in [-0.15, -0.1) is 0 Å². The molecular weight excluding hydrogens is 318 g/mol. The Labute approximate surface area is 127 Å². The lowest BCUT2D eigenvalue weighted by Gasteiger charge is -2.20. The summed E-state index contributed by atoms with van der Waals surface area (Å²) in [5.74, 6) is 0.466. The smallest absolute Gasteiger partial charge is 0.261 e. The van der Waals surface area contributed by atoms with Crippen LogP contribution < -0.4 is 9.64 Å². The van der Waals surface area contributed by atoms with Gasteiger partial charge < -0.3 is 9.64 Å². The highest BCUT2D eigenvalue weighted by Gasteiger charge is 2.18. The number of hydrogen-bond donors (Lipinski definition) is 0. The van der Waals surface area contributed by atoms with Crippen molar-refractivity contribution in [1.29, 1.82) is 0 Å². The van der Waals surface area contributed by atoms with Gasteiger partial charge in [0.05, 0.1) is 12.7 Å². The van der Waals surface area contributed by atoms with Crippen molar-refractivity contribution < 1.29 is 9.53 Å². The minimum atomic E-state index is -0.0938. The molecule has 0 aliphatic carbocycles. The molecule has 0 aliphatic heterocycles. The molecule has 1 amide bonds. The first-order chi connectivity index (χ1) is 9.54. The minimum absolute atomic E-state index is 0.0938. The van der Waals surface area contributed by atoms with Crippen molar-refractivity contribution >= 4 is 27.5 Å². The van der Waals surface area contributed by atoms with E-state index in [0.717, 1.165) is 15.7 Å². The molecule has 0 atom stereocenters. The number of carbonyl (C=O) groups is 1. The summed E-state index contributed by atoms with van der Waals surface area (Å²) in [5.41, 5.74) is 2.49. The van der Waals surface area contributed by atoms with Crippen LogP contribution in [0.3, 0.4) is 0 Å². The molecule has 0 unspecified atom stereocenters. The van der Waals surface area contributed by atoms with Crippen LogP contribution in [0.1, 0.15) is 15.9 Å². The number of ether oxygens (including phenoxy) is 1. The first-order valence-electron chi connectivity index (χ1n) is 6.22. The van der Waals surface area contributed by atoms with Crippen molar-refractivity contribution in [1.82, 2.24) is 0 Å². The van der Waals surface area contributed by atoms with Gasteiger partial charge in [0, 0.05) is 17.2 Å². The van der Waals surface area contributed by atoms with Crippen LogP contribution in [-0.2, 0) is 0 Å². The molecule has 2 aromatic carbocycles. The van der Waals surface area contributed by atoms with Crippen molar-refractivity contribution in [3.8, 4) is 5.75 Å². The summed E-state index contributed by atoms with van der Waals surface area (Å²) < 4.78 is 6.17. The summed E-state index contributed by atoms with van der Waals surface area (Å²) >= 11 is 3.37. The van der Waals surface area contributed by atoms with Crippen LogP contribution in [-0.4, -0.2) is 20.1 Å². The lowest BCUT2D eigenvalue weighted by molar-refractivity contribution is 0.0990. The number of halogens is 1. The van der Waals surface area contributed by atoms with Crippen molar-refractivity contribution in [2.45, 2.75) is 6.92 Å². The third-order valence-corrected chi connectivity index (χ3v) is 3.67.